The molecule has 0 fully saturated rings. The number of nitrogens with zero attached hydrogens (tertiary/aromatic N) is 2. The molecule has 0 spiro atoms. The number of aliphatic carboxylic acids is 1. The second-order valence-corrected chi connectivity index (χ2v) is 10.1. The quantitative estimate of drug-likeness (QED) is 0.0364. The minimum absolute atomic E-state index is 0.0379. The van der Waals surface area contributed by atoms with E-state index in [4.69, 9.17) is 28.7 Å². The number of aromatic amines is 1. The summed E-state index contributed by atoms with van der Waals surface area (Å²) >= 11 is 4.19. The Kier molecular flexibility index (Phi) is 14.1. The highest BCUT2D eigenvalue weighted by Gasteiger charge is 2.30. The number of aliphatic imine (C=N–C) groups is 2. The van der Waals surface area contributed by atoms with Gasteiger partial charge in [0.05, 0.1) is 6.04 Å². The maximum atomic E-state index is 13.2. The van der Waals surface area contributed by atoms with Crippen LogP contribution in [-0.4, -0.2) is 88.7 Å². The normalized spacial score (nSPS) is 13.6. The van der Waals surface area contributed by atoms with Gasteiger partial charge in [0, 0.05) is 35.9 Å². The van der Waals surface area contributed by atoms with E-state index in [1.165, 1.54) is 0 Å². The molecular formula is C26H41N11O5S. The van der Waals surface area contributed by atoms with Crippen molar-refractivity contribution in [1.82, 2.24) is 20.9 Å². The second-order valence-electron chi connectivity index (χ2n) is 9.77. The molecule has 0 saturated heterocycles. The summed E-state index contributed by atoms with van der Waals surface area (Å²) in [6.45, 7) is 0.338. The lowest BCUT2D eigenvalue weighted by Gasteiger charge is -2.24. The summed E-state index contributed by atoms with van der Waals surface area (Å²) in [5.41, 5.74) is 29.2. The standard InChI is InChI=1S/C26H41N11O5S/c27-16(11-14-12-34-17-6-2-1-5-15(14)17)21(38)37-20(13-43)23(40)35-18(7-3-9-32-25(28)29)22(39)36-19(24(41)42)8-4-10-33-26(30)31/h1-2,5-6,12,16,18-20,34,43H,3-4,7-11,13,27H2,(H,35,40)(H,36,39)(H,37,38)(H,41,42)(H4,28,29,32)(H4,30,31,33). The number of amides is 3. The first kappa shape index (κ1) is 34.7. The molecule has 4 atom stereocenters. The SMILES string of the molecule is NC(N)=NCCCC(NC(=O)C(CCCN=C(N)N)NC(=O)C(CS)NC(=O)C(N)Cc1c[nH]c2ccccc12)C(=O)O. The lowest BCUT2D eigenvalue weighted by atomic mass is 10.0. The van der Waals surface area contributed by atoms with E-state index in [2.05, 4.69) is 43.5 Å². The molecule has 1 aromatic carbocycles. The van der Waals surface area contributed by atoms with Crippen molar-refractivity contribution >= 4 is 59.1 Å². The van der Waals surface area contributed by atoms with Crippen LogP contribution < -0.4 is 44.6 Å². The fourth-order valence-electron chi connectivity index (χ4n) is 4.18. The van der Waals surface area contributed by atoms with Crippen molar-refractivity contribution in [2.75, 3.05) is 18.8 Å². The number of carboxylic acids is 1. The van der Waals surface area contributed by atoms with Gasteiger partial charge in [0.15, 0.2) is 11.9 Å². The van der Waals surface area contributed by atoms with Crippen LogP contribution in [0.2, 0.25) is 0 Å². The molecule has 0 aliphatic rings. The number of carbonyl (C=O) groups is 4. The predicted molar refractivity (Wildman–Crippen MR) is 167 cm³/mol. The summed E-state index contributed by atoms with van der Waals surface area (Å²) < 4.78 is 0. The Balaban J connectivity index is 2.07. The summed E-state index contributed by atoms with van der Waals surface area (Å²) in [4.78, 5) is 61.7. The molecule has 236 valence electrons. The number of fused-ring (bicyclic) bond motifs is 1. The van der Waals surface area contributed by atoms with E-state index in [0.717, 1.165) is 16.5 Å². The number of nitrogens with one attached hydrogen (secondary N) is 4. The van der Waals surface area contributed by atoms with Crippen LogP contribution in [0.15, 0.2) is 40.4 Å². The van der Waals surface area contributed by atoms with Gasteiger partial charge in [-0.1, -0.05) is 18.2 Å². The second kappa shape index (κ2) is 17.4. The Labute approximate surface area is 254 Å². The van der Waals surface area contributed by atoms with Gasteiger partial charge in [-0.15, -0.1) is 0 Å². The highest BCUT2D eigenvalue weighted by Crippen LogP contribution is 2.18. The van der Waals surface area contributed by atoms with Gasteiger partial charge in [-0.3, -0.25) is 24.4 Å². The first-order valence-corrected chi connectivity index (χ1v) is 14.2. The zero-order valence-corrected chi connectivity index (χ0v) is 24.6. The first-order chi connectivity index (χ1) is 20.4. The van der Waals surface area contributed by atoms with Crippen LogP contribution in [0.4, 0.5) is 0 Å². The number of hydrogen-bond acceptors (Lipinski definition) is 8. The van der Waals surface area contributed by atoms with Gasteiger partial charge < -0.3 is 54.7 Å². The van der Waals surface area contributed by atoms with Crippen LogP contribution in [0, 0.1) is 0 Å². The molecular weight excluding hydrogens is 578 g/mol. The Bertz CT molecular complexity index is 1310. The third-order valence-electron chi connectivity index (χ3n) is 6.41. The molecule has 1 heterocycles. The summed E-state index contributed by atoms with van der Waals surface area (Å²) in [5.74, 6) is -3.67. The number of carboxylic acid groups (broad SMARTS) is 1. The number of para-hydroxylation sites is 1. The summed E-state index contributed by atoms with van der Waals surface area (Å²) in [7, 11) is 0. The molecule has 43 heavy (non-hydrogen) atoms. The van der Waals surface area contributed by atoms with Crippen LogP contribution in [0.3, 0.4) is 0 Å². The summed E-state index contributed by atoms with van der Waals surface area (Å²) in [5, 5.41) is 18.1. The average molecular weight is 620 g/mol. The van der Waals surface area contributed by atoms with Gasteiger partial charge in [0.2, 0.25) is 17.7 Å². The van der Waals surface area contributed by atoms with Crippen molar-refractivity contribution in [1.29, 1.82) is 0 Å². The number of benzene rings is 1. The minimum Gasteiger partial charge on any atom is -0.480 e. The fraction of sp³-hybridized carbons (Fsp3) is 0.462. The molecule has 0 bridgehead atoms. The van der Waals surface area contributed by atoms with E-state index in [9.17, 15) is 24.3 Å². The smallest absolute Gasteiger partial charge is 0.326 e. The summed E-state index contributed by atoms with van der Waals surface area (Å²) in [6.07, 6.45) is 2.66. The van der Waals surface area contributed by atoms with Gasteiger partial charge >= 0.3 is 5.97 Å². The average Bonchev–Trinajstić information content (AvgIpc) is 3.36. The lowest BCUT2D eigenvalue weighted by Crippen LogP contribution is -2.57. The van der Waals surface area contributed by atoms with E-state index < -0.39 is 47.9 Å². The zero-order chi connectivity index (χ0) is 31.9. The third kappa shape index (κ3) is 11.7. The highest BCUT2D eigenvalue weighted by atomic mass is 32.1. The Morgan fingerprint density at radius 3 is 1.95 bits per heavy atom. The first-order valence-electron chi connectivity index (χ1n) is 13.6. The Morgan fingerprint density at radius 2 is 1.37 bits per heavy atom. The lowest BCUT2D eigenvalue weighted by molar-refractivity contribution is -0.142. The van der Waals surface area contributed by atoms with Crippen molar-refractivity contribution in [2.45, 2.75) is 56.3 Å². The van der Waals surface area contributed by atoms with Crippen molar-refractivity contribution < 1.29 is 24.3 Å². The Morgan fingerprint density at radius 1 is 0.837 bits per heavy atom. The van der Waals surface area contributed by atoms with E-state index in [-0.39, 0.29) is 62.9 Å². The zero-order valence-electron chi connectivity index (χ0n) is 23.7. The molecule has 16 nitrogen and oxygen atoms in total. The van der Waals surface area contributed by atoms with Crippen molar-refractivity contribution in [2.24, 2.45) is 38.7 Å². The van der Waals surface area contributed by atoms with Gasteiger partial charge in [-0.05, 0) is 43.7 Å². The van der Waals surface area contributed by atoms with Gasteiger partial charge in [-0.2, -0.15) is 12.6 Å². The van der Waals surface area contributed by atoms with Crippen LogP contribution in [0.5, 0.6) is 0 Å². The number of nitrogens with two attached hydrogens (primary N) is 5. The monoisotopic (exact) mass is 619 g/mol. The Hall–Kier alpha value is -4.51. The number of thiol groups is 1. The summed E-state index contributed by atoms with van der Waals surface area (Å²) in [6, 6.07) is 3.05. The van der Waals surface area contributed by atoms with E-state index in [1.807, 2.05) is 24.3 Å². The molecule has 0 aliphatic carbocycles. The van der Waals surface area contributed by atoms with E-state index >= 15 is 0 Å². The number of carbonyl (C=O) groups excluding carboxylic acids is 3. The third-order valence-corrected chi connectivity index (χ3v) is 6.77. The molecule has 15 N–H and O–H groups in total. The number of rotatable bonds is 18. The molecule has 17 heteroatoms. The van der Waals surface area contributed by atoms with E-state index in [0.29, 0.717) is 0 Å². The largest absolute Gasteiger partial charge is 0.480 e. The molecule has 0 aliphatic heterocycles. The highest BCUT2D eigenvalue weighted by molar-refractivity contribution is 7.80. The van der Waals surface area contributed by atoms with Gasteiger partial charge in [0.25, 0.3) is 0 Å². The minimum atomic E-state index is -1.27. The number of aromatic nitrogens is 1. The van der Waals surface area contributed by atoms with Crippen molar-refractivity contribution in [3.63, 3.8) is 0 Å². The van der Waals surface area contributed by atoms with Crippen molar-refractivity contribution in [3.8, 4) is 0 Å². The van der Waals surface area contributed by atoms with Crippen LogP contribution in [0.1, 0.15) is 31.2 Å². The van der Waals surface area contributed by atoms with Gasteiger partial charge in [0.1, 0.15) is 18.1 Å². The molecule has 0 radical (unpaired) electrons. The molecule has 2 aromatic rings. The molecule has 0 saturated carbocycles. The van der Waals surface area contributed by atoms with Gasteiger partial charge in [-0.25, -0.2) is 4.79 Å². The number of H-pyrrole nitrogens is 1. The van der Waals surface area contributed by atoms with Crippen LogP contribution in [0.25, 0.3) is 10.9 Å². The molecule has 3 amide bonds. The number of hydrogen-bond donors (Lipinski definition) is 11. The fourth-order valence-corrected chi connectivity index (χ4v) is 4.44. The predicted octanol–water partition coefficient (Wildman–Crippen LogP) is -2.39. The van der Waals surface area contributed by atoms with Crippen LogP contribution >= 0.6 is 12.6 Å². The number of guanidine groups is 2. The molecule has 1 aromatic heterocycles. The maximum Gasteiger partial charge on any atom is 0.326 e. The molecule has 2 rings (SSSR count). The maximum absolute atomic E-state index is 13.2. The van der Waals surface area contributed by atoms with Crippen molar-refractivity contribution in [3.05, 3.63) is 36.0 Å². The van der Waals surface area contributed by atoms with Crippen LogP contribution in [-0.2, 0) is 25.6 Å². The molecule has 4 unspecified atom stereocenters. The topological polar surface area (TPSA) is 295 Å². The van der Waals surface area contributed by atoms with E-state index in [1.54, 1.807) is 6.20 Å².